The van der Waals surface area contributed by atoms with E-state index >= 15 is 0 Å². The second-order valence-corrected chi connectivity index (χ2v) is 6.47. The number of hydrogen-bond donors (Lipinski definition) is 3. The van der Waals surface area contributed by atoms with Crippen molar-refractivity contribution in [1.82, 2.24) is 29.6 Å². The van der Waals surface area contributed by atoms with E-state index in [2.05, 4.69) is 31.9 Å². The van der Waals surface area contributed by atoms with E-state index in [0.29, 0.717) is 24.0 Å². The Hall–Kier alpha value is -2.91. The van der Waals surface area contributed by atoms with Gasteiger partial charge in [0.2, 0.25) is 11.8 Å². The van der Waals surface area contributed by atoms with Crippen LogP contribution in [0.3, 0.4) is 0 Å². The van der Waals surface area contributed by atoms with Gasteiger partial charge in [-0.25, -0.2) is 0 Å². The average molecular weight is 369 g/mol. The molecule has 2 atom stereocenters. The monoisotopic (exact) mass is 369 g/mol. The highest BCUT2D eigenvalue weighted by atomic mass is 16.5. The minimum atomic E-state index is -0.649. The lowest BCUT2D eigenvalue weighted by Crippen LogP contribution is -2.33. The smallest absolute Gasteiger partial charge is 0.232 e. The number of likely N-dealkylation sites (tertiary alicyclic amines) is 1. The predicted molar refractivity (Wildman–Crippen MR) is 102 cm³/mol. The van der Waals surface area contributed by atoms with Gasteiger partial charge >= 0.3 is 0 Å². The maximum absolute atomic E-state index is 9.91. The third-order valence-electron chi connectivity index (χ3n) is 4.63. The predicted octanol–water partition coefficient (Wildman–Crippen LogP) is 1.88. The molecule has 9 nitrogen and oxygen atoms in total. The van der Waals surface area contributed by atoms with Crippen molar-refractivity contribution < 1.29 is 9.84 Å². The summed E-state index contributed by atoms with van der Waals surface area (Å²) in [7, 11) is 0. The molecule has 1 saturated heterocycles. The van der Waals surface area contributed by atoms with E-state index in [1.807, 2.05) is 35.0 Å². The Labute approximate surface area is 156 Å². The molecule has 1 aliphatic rings. The highest BCUT2D eigenvalue weighted by molar-refractivity contribution is 5.82. The zero-order valence-electron chi connectivity index (χ0n) is 15.2. The summed E-state index contributed by atoms with van der Waals surface area (Å²) in [5, 5.41) is 18.2. The first-order chi connectivity index (χ1) is 13.2. The molecule has 2 unspecified atom stereocenters. The molecule has 1 aliphatic heterocycles. The average Bonchev–Trinajstić information content (AvgIpc) is 3.41. The lowest BCUT2D eigenvalue weighted by molar-refractivity contribution is 0.0519. The van der Waals surface area contributed by atoms with Crippen LogP contribution in [0.15, 0.2) is 37.3 Å². The number of nitrogens with zero attached hydrogens (tertiary/aromatic N) is 5. The van der Waals surface area contributed by atoms with Crippen LogP contribution < -0.4 is 10.1 Å². The number of nitrogens with one attached hydrogen (secondary N) is 2. The molecule has 4 rings (SSSR count). The molecule has 0 radical (unpaired) electrons. The lowest BCUT2D eigenvalue weighted by atomic mass is 10.3. The van der Waals surface area contributed by atoms with Gasteiger partial charge in [-0.2, -0.15) is 15.1 Å². The fourth-order valence-electron chi connectivity index (χ4n) is 3.19. The molecule has 0 spiro atoms. The molecule has 3 aromatic heterocycles. The Morgan fingerprint density at radius 2 is 2.41 bits per heavy atom. The van der Waals surface area contributed by atoms with Crippen molar-refractivity contribution >= 4 is 22.7 Å². The van der Waals surface area contributed by atoms with E-state index in [1.165, 1.54) is 6.08 Å². The van der Waals surface area contributed by atoms with Crippen LogP contribution in [0.2, 0.25) is 0 Å². The van der Waals surface area contributed by atoms with Gasteiger partial charge in [0.1, 0.15) is 18.0 Å². The number of hydrogen-bond acceptors (Lipinski definition) is 7. The summed E-state index contributed by atoms with van der Waals surface area (Å²) in [6.07, 6.45) is 7.08. The number of aliphatic hydroxyl groups is 1. The summed E-state index contributed by atoms with van der Waals surface area (Å²) in [5.41, 5.74) is 1.52. The third kappa shape index (κ3) is 3.64. The molecule has 3 N–H and O–H groups in total. The van der Waals surface area contributed by atoms with E-state index in [4.69, 9.17) is 4.74 Å². The van der Waals surface area contributed by atoms with E-state index in [1.54, 1.807) is 6.20 Å². The Morgan fingerprint density at radius 1 is 1.52 bits per heavy atom. The van der Waals surface area contributed by atoms with Crippen molar-refractivity contribution in [2.24, 2.45) is 0 Å². The molecule has 3 aromatic rings. The Morgan fingerprint density at radius 3 is 3.19 bits per heavy atom. The zero-order chi connectivity index (χ0) is 18.8. The standard InChI is InChI=1S/C18H23N7O2/c1-3-15(26)24-8-6-13(11-24)27-17-14-5-7-19-16(14)22-18(23-17)21-12-9-20-25(4-2)10-12/h3,5,7,9-10,13,15,26H,1,4,6,8,11H2,2H3,(H2,19,21,22,23). The van der Waals surface area contributed by atoms with Gasteiger partial charge in [-0.1, -0.05) is 6.58 Å². The van der Waals surface area contributed by atoms with Crippen molar-refractivity contribution in [3.8, 4) is 5.88 Å². The van der Waals surface area contributed by atoms with Crippen LogP contribution in [-0.2, 0) is 6.54 Å². The minimum Gasteiger partial charge on any atom is -0.472 e. The molecule has 0 saturated carbocycles. The van der Waals surface area contributed by atoms with E-state index in [-0.39, 0.29) is 6.10 Å². The molecule has 0 aliphatic carbocycles. The first-order valence-electron chi connectivity index (χ1n) is 9.02. The largest absolute Gasteiger partial charge is 0.472 e. The number of aryl methyl sites for hydroxylation is 1. The summed E-state index contributed by atoms with van der Waals surface area (Å²) in [5.74, 6) is 0.961. The summed E-state index contributed by atoms with van der Waals surface area (Å²) in [6, 6.07) is 1.90. The SMILES string of the molecule is C=CC(O)N1CCC(Oc2nc(Nc3cnn(CC)c3)nc3[nH]ccc23)C1. The molecule has 27 heavy (non-hydrogen) atoms. The van der Waals surface area contributed by atoms with E-state index < -0.39 is 6.23 Å². The van der Waals surface area contributed by atoms with Crippen molar-refractivity contribution in [1.29, 1.82) is 0 Å². The van der Waals surface area contributed by atoms with Gasteiger partial charge in [-0.15, -0.1) is 0 Å². The molecule has 1 fully saturated rings. The zero-order valence-corrected chi connectivity index (χ0v) is 15.2. The normalized spacial score (nSPS) is 18.7. The Balaban J connectivity index is 1.55. The third-order valence-corrected chi connectivity index (χ3v) is 4.63. The molecular weight excluding hydrogens is 346 g/mol. The topological polar surface area (TPSA) is 104 Å². The van der Waals surface area contributed by atoms with E-state index in [0.717, 1.165) is 30.6 Å². The van der Waals surface area contributed by atoms with Crippen molar-refractivity contribution in [3.63, 3.8) is 0 Å². The highest BCUT2D eigenvalue weighted by Gasteiger charge is 2.28. The summed E-state index contributed by atoms with van der Waals surface area (Å²) in [6.45, 7) is 7.83. The first-order valence-corrected chi connectivity index (χ1v) is 9.02. The molecule has 9 heteroatoms. The van der Waals surface area contributed by atoms with E-state index in [9.17, 15) is 5.11 Å². The van der Waals surface area contributed by atoms with Gasteiger partial charge in [0.25, 0.3) is 0 Å². The van der Waals surface area contributed by atoms with Gasteiger partial charge in [-0.05, 0) is 25.5 Å². The van der Waals surface area contributed by atoms with Crippen LogP contribution in [0.4, 0.5) is 11.6 Å². The molecule has 142 valence electrons. The maximum Gasteiger partial charge on any atom is 0.232 e. The van der Waals surface area contributed by atoms with Crippen LogP contribution >= 0.6 is 0 Å². The van der Waals surface area contributed by atoms with Crippen LogP contribution in [0.1, 0.15) is 13.3 Å². The second-order valence-electron chi connectivity index (χ2n) is 6.47. The first kappa shape index (κ1) is 17.5. The van der Waals surface area contributed by atoms with Gasteiger partial charge in [-0.3, -0.25) is 9.58 Å². The molecule has 4 heterocycles. The van der Waals surface area contributed by atoms with Crippen LogP contribution in [0.5, 0.6) is 5.88 Å². The number of fused-ring (bicyclic) bond motifs is 1. The minimum absolute atomic E-state index is 0.0525. The van der Waals surface area contributed by atoms with Gasteiger partial charge < -0.3 is 20.1 Å². The summed E-state index contributed by atoms with van der Waals surface area (Å²) < 4.78 is 7.98. The number of ether oxygens (including phenoxy) is 1. The number of aliphatic hydroxyl groups excluding tert-OH is 1. The Bertz CT molecular complexity index is 935. The van der Waals surface area contributed by atoms with Gasteiger partial charge in [0.15, 0.2) is 0 Å². The molecule has 0 aromatic carbocycles. The quantitative estimate of drug-likeness (QED) is 0.546. The number of rotatable bonds is 7. The Kier molecular flexibility index (Phi) is 4.78. The lowest BCUT2D eigenvalue weighted by Gasteiger charge is -2.20. The number of anilines is 2. The van der Waals surface area contributed by atoms with Crippen LogP contribution in [0, 0.1) is 0 Å². The van der Waals surface area contributed by atoms with Crippen molar-refractivity contribution in [2.75, 3.05) is 18.4 Å². The van der Waals surface area contributed by atoms with Crippen molar-refractivity contribution in [3.05, 3.63) is 37.3 Å². The van der Waals surface area contributed by atoms with Gasteiger partial charge in [0, 0.05) is 32.0 Å². The maximum atomic E-state index is 9.91. The summed E-state index contributed by atoms with van der Waals surface area (Å²) >= 11 is 0. The summed E-state index contributed by atoms with van der Waals surface area (Å²) in [4.78, 5) is 14.1. The van der Waals surface area contributed by atoms with Crippen molar-refractivity contribution in [2.45, 2.75) is 32.2 Å². The molecule has 0 amide bonds. The highest BCUT2D eigenvalue weighted by Crippen LogP contribution is 2.27. The van der Waals surface area contributed by atoms with Crippen LogP contribution in [-0.4, -0.2) is 60.2 Å². The second kappa shape index (κ2) is 7.37. The molecule has 0 bridgehead atoms. The number of aromatic nitrogens is 5. The number of H-pyrrole nitrogens is 1. The fraction of sp³-hybridized carbons (Fsp3) is 0.389. The fourth-order valence-corrected chi connectivity index (χ4v) is 3.19. The van der Waals surface area contributed by atoms with Gasteiger partial charge in [0.05, 0.1) is 17.3 Å². The van der Waals surface area contributed by atoms with Crippen LogP contribution in [0.25, 0.3) is 11.0 Å². The molecular formula is C18H23N7O2. The number of aromatic amines is 1.